The van der Waals surface area contributed by atoms with Gasteiger partial charge in [0.25, 0.3) is 5.91 Å². The van der Waals surface area contributed by atoms with Crippen LogP contribution in [0.4, 0.5) is 0 Å². The van der Waals surface area contributed by atoms with Gasteiger partial charge in [-0.05, 0) is 48.7 Å². The van der Waals surface area contributed by atoms with E-state index in [0.29, 0.717) is 24.6 Å². The van der Waals surface area contributed by atoms with Crippen molar-refractivity contribution in [2.75, 3.05) is 6.54 Å². The van der Waals surface area contributed by atoms with E-state index >= 15 is 0 Å². The lowest BCUT2D eigenvalue weighted by Crippen LogP contribution is -2.34. The summed E-state index contributed by atoms with van der Waals surface area (Å²) in [7, 11) is 0. The molecule has 0 N–H and O–H groups in total. The second kappa shape index (κ2) is 9.37. The number of nitrogens with zero attached hydrogens (tertiary/aromatic N) is 3. The molecule has 5 heteroatoms. The van der Waals surface area contributed by atoms with Crippen LogP contribution in [0, 0.1) is 5.92 Å². The van der Waals surface area contributed by atoms with Gasteiger partial charge in [-0.2, -0.15) is 0 Å². The Kier molecular flexibility index (Phi) is 6.89. The predicted octanol–water partition coefficient (Wildman–Crippen LogP) is 5.90. The molecule has 148 valence electrons. The maximum Gasteiger partial charge on any atom is 0.254 e. The molecule has 2 aromatic carbocycles. The highest BCUT2D eigenvalue weighted by molar-refractivity contribution is 9.10. The molecule has 0 aliphatic heterocycles. The van der Waals surface area contributed by atoms with Gasteiger partial charge in [-0.1, -0.05) is 55.3 Å². The van der Waals surface area contributed by atoms with Crippen LogP contribution < -0.4 is 0 Å². The van der Waals surface area contributed by atoms with Gasteiger partial charge in [-0.25, -0.2) is 4.98 Å². The van der Waals surface area contributed by atoms with E-state index in [1.807, 2.05) is 41.3 Å². The first-order chi connectivity index (χ1) is 13.5. The zero-order valence-electron chi connectivity index (χ0n) is 16.9. The van der Waals surface area contributed by atoms with Gasteiger partial charge in [-0.15, -0.1) is 0 Å². The summed E-state index contributed by atoms with van der Waals surface area (Å²) in [6.07, 6.45) is 2.22. The van der Waals surface area contributed by atoms with E-state index in [-0.39, 0.29) is 5.91 Å². The van der Waals surface area contributed by atoms with Gasteiger partial charge >= 0.3 is 0 Å². The predicted molar refractivity (Wildman–Crippen MR) is 118 cm³/mol. The lowest BCUT2D eigenvalue weighted by Gasteiger charge is -2.25. The van der Waals surface area contributed by atoms with Crippen LogP contribution in [0.15, 0.2) is 53.0 Å². The molecule has 4 nitrogen and oxygen atoms in total. The minimum absolute atomic E-state index is 0.0512. The number of hydrogen-bond donors (Lipinski definition) is 0. The Hall–Kier alpha value is -2.14. The maximum atomic E-state index is 13.2. The number of aryl methyl sites for hydroxylation is 1. The molecule has 0 aliphatic carbocycles. The zero-order valence-corrected chi connectivity index (χ0v) is 18.4. The van der Waals surface area contributed by atoms with Crippen LogP contribution in [0.2, 0.25) is 0 Å². The van der Waals surface area contributed by atoms with E-state index < -0.39 is 0 Å². The summed E-state index contributed by atoms with van der Waals surface area (Å²) in [4.78, 5) is 20.0. The molecule has 0 radical (unpaired) electrons. The van der Waals surface area contributed by atoms with Gasteiger partial charge in [0.15, 0.2) is 0 Å². The molecule has 0 bridgehead atoms. The summed E-state index contributed by atoms with van der Waals surface area (Å²) in [6, 6.07) is 15.8. The maximum absolute atomic E-state index is 13.2. The Morgan fingerprint density at radius 1 is 1.14 bits per heavy atom. The summed E-state index contributed by atoms with van der Waals surface area (Å²) in [6.45, 7) is 8.62. The lowest BCUT2D eigenvalue weighted by molar-refractivity contribution is 0.0716. The number of amides is 1. The molecule has 0 saturated heterocycles. The summed E-state index contributed by atoms with van der Waals surface area (Å²) in [5.74, 6) is 1.39. The van der Waals surface area contributed by atoms with Crippen LogP contribution in [-0.2, 0) is 13.1 Å². The average Bonchev–Trinajstić information content (AvgIpc) is 3.02. The Labute approximate surface area is 175 Å². The van der Waals surface area contributed by atoms with E-state index in [1.165, 1.54) is 0 Å². The summed E-state index contributed by atoms with van der Waals surface area (Å²) < 4.78 is 3.25. The normalized spacial score (nSPS) is 11.3. The minimum Gasteiger partial charge on any atom is -0.331 e. The average molecular weight is 442 g/mol. The molecule has 3 rings (SSSR count). The molecule has 0 atom stereocenters. The van der Waals surface area contributed by atoms with Crippen molar-refractivity contribution in [3.63, 3.8) is 0 Å². The van der Waals surface area contributed by atoms with Crippen molar-refractivity contribution in [2.24, 2.45) is 5.92 Å². The molecule has 0 spiro atoms. The standard InChI is InChI=1S/C23H28BrN3O/c1-4-5-14-27-21-9-7-6-8-20(21)25-22(27)16-26(15-17(2)3)23(28)18-10-12-19(24)13-11-18/h6-13,17H,4-5,14-16H2,1-3H3. The van der Waals surface area contributed by atoms with Crippen molar-refractivity contribution < 1.29 is 4.79 Å². The van der Waals surface area contributed by atoms with E-state index in [4.69, 9.17) is 4.98 Å². The van der Waals surface area contributed by atoms with Crippen molar-refractivity contribution in [1.29, 1.82) is 0 Å². The molecule has 0 fully saturated rings. The number of hydrogen-bond acceptors (Lipinski definition) is 2. The van der Waals surface area contributed by atoms with E-state index in [1.54, 1.807) is 0 Å². The fraction of sp³-hybridized carbons (Fsp3) is 0.391. The minimum atomic E-state index is 0.0512. The number of halogens is 1. The van der Waals surface area contributed by atoms with Crippen molar-refractivity contribution in [3.8, 4) is 0 Å². The number of para-hydroxylation sites is 2. The molecule has 1 aromatic heterocycles. The number of fused-ring (bicyclic) bond motifs is 1. The van der Waals surface area contributed by atoms with Gasteiger partial charge in [-0.3, -0.25) is 4.79 Å². The molecule has 0 aliphatic rings. The number of carbonyl (C=O) groups is 1. The third kappa shape index (κ3) is 4.82. The quantitative estimate of drug-likeness (QED) is 0.436. The van der Waals surface area contributed by atoms with E-state index in [0.717, 1.165) is 40.7 Å². The molecule has 1 heterocycles. The SMILES string of the molecule is CCCCn1c(CN(CC(C)C)C(=O)c2ccc(Br)cc2)nc2ccccc21. The van der Waals surface area contributed by atoms with Crippen LogP contribution >= 0.6 is 15.9 Å². The van der Waals surface area contributed by atoms with Crippen molar-refractivity contribution in [3.05, 3.63) is 64.4 Å². The molecule has 1 amide bonds. The highest BCUT2D eigenvalue weighted by Crippen LogP contribution is 2.20. The first kappa shape index (κ1) is 20.6. The van der Waals surface area contributed by atoms with Gasteiger partial charge < -0.3 is 9.47 Å². The number of aromatic nitrogens is 2. The van der Waals surface area contributed by atoms with Gasteiger partial charge in [0.1, 0.15) is 5.82 Å². The number of unbranched alkanes of at least 4 members (excludes halogenated alkanes) is 1. The van der Waals surface area contributed by atoms with E-state index in [9.17, 15) is 4.79 Å². The number of imidazole rings is 1. The van der Waals surface area contributed by atoms with Crippen LogP contribution in [0.1, 0.15) is 49.8 Å². The van der Waals surface area contributed by atoms with Crippen LogP contribution in [0.5, 0.6) is 0 Å². The van der Waals surface area contributed by atoms with Gasteiger partial charge in [0.05, 0.1) is 17.6 Å². The third-order valence-electron chi connectivity index (χ3n) is 4.77. The summed E-state index contributed by atoms with van der Waals surface area (Å²) in [5, 5.41) is 0. The topological polar surface area (TPSA) is 38.1 Å². The fourth-order valence-electron chi connectivity index (χ4n) is 3.42. The van der Waals surface area contributed by atoms with Crippen LogP contribution in [0.25, 0.3) is 11.0 Å². The van der Waals surface area contributed by atoms with Crippen LogP contribution in [-0.4, -0.2) is 26.9 Å². The largest absolute Gasteiger partial charge is 0.331 e. The summed E-state index contributed by atoms with van der Waals surface area (Å²) in [5.41, 5.74) is 2.85. The van der Waals surface area contributed by atoms with Crippen molar-refractivity contribution in [2.45, 2.75) is 46.7 Å². The highest BCUT2D eigenvalue weighted by Gasteiger charge is 2.21. The monoisotopic (exact) mass is 441 g/mol. The first-order valence-corrected chi connectivity index (χ1v) is 10.8. The highest BCUT2D eigenvalue weighted by atomic mass is 79.9. The first-order valence-electron chi connectivity index (χ1n) is 9.98. The van der Waals surface area contributed by atoms with Crippen molar-refractivity contribution >= 4 is 32.9 Å². The van der Waals surface area contributed by atoms with Gasteiger partial charge in [0.2, 0.25) is 0 Å². The molecule has 3 aromatic rings. The van der Waals surface area contributed by atoms with Crippen LogP contribution in [0.3, 0.4) is 0 Å². The second-order valence-electron chi connectivity index (χ2n) is 7.61. The molecule has 0 saturated carbocycles. The number of benzene rings is 2. The molecule has 28 heavy (non-hydrogen) atoms. The zero-order chi connectivity index (χ0) is 20.1. The molecular weight excluding hydrogens is 414 g/mol. The smallest absolute Gasteiger partial charge is 0.254 e. The number of carbonyl (C=O) groups excluding carboxylic acids is 1. The van der Waals surface area contributed by atoms with Gasteiger partial charge in [0, 0.05) is 23.1 Å². The molecular formula is C23H28BrN3O. The Balaban J connectivity index is 1.94. The lowest BCUT2D eigenvalue weighted by atomic mass is 10.1. The fourth-order valence-corrected chi connectivity index (χ4v) is 3.68. The molecule has 0 unspecified atom stereocenters. The van der Waals surface area contributed by atoms with Crippen molar-refractivity contribution in [1.82, 2.24) is 14.5 Å². The Morgan fingerprint density at radius 2 is 1.86 bits per heavy atom. The Bertz CT molecular complexity index is 931. The second-order valence-corrected chi connectivity index (χ2v) is 8.52. The summed E-state index contributed by atoms with van der Waals surface area (Å²) >= 11 is 3.44. The van der Waals surface area contributed by atoms with E-state index in [2.05, 4.69) is 53.4 Å². The third-order valence-corrected chi connectivity index (χ3v) is 5.29. The Morgan fingerprint density at radius 3 is 2.54 bits per heavy atom. The number of rotatable bonds is 8.